The van der Waals surface area contributed by atoms with Gasteiger partial charge in [0, 0.05) is 34.3 Å². The van der Waals surface area contributed by atoms with Crippen LogP contribution in [0, 0.1) is 10.1 Å². The number of fused-ring (bicyclic) bond motifs is 1. The lowest BCUT2D eigenvalue weighted by Crippen LogP contribution is -2.17. The third kappa shape index (κ3) is 6.58. The highest BCUT2D eigenvalue weighted by atomic mass is 35.5. The van der Waals surface area contributed by atoms with Crippen LogP contribution in [-0.4, -0.2) is 34.2 Å². The van der Waals surface area contributed by atoms with Crippen molar-refractivity contribution >= 4 is 51.5 Å². The molecule has 214 valence electrons. The summed E-state index contributed by atoms with van der Waals surface area (Å²) in [4.78, 5) is 63.2. The topological polar surface area (TPSA) is 158 Å². The van der Waals surface area contributed by atoms with E-state index in [0.29, 0.717) is 16.6 Å². The van der Waals surface area contributed by atoms with Crippen LogP contribution in [0.4, 0.5) is 11.4 Å². The first kappa shape index (κ1) is 28.7. The van der Waals surface area contributed by atoms with Crippen molar-refractivity contribution < 1.29 is 28.8 Å². The SMILES string of the molecule is O=C(COC(=O)c1ccc(NC(=O)c2cc(=O)[nH]c3ccccc23)cc1)c1ccc(Oc2c(Cl)cccc2[N+](=O)[O-])cc1. The molecule has 0 aliphatic heterocycles. The van der Waals surface area contributed by atoms with Crippen molar-refractivity contribution in [1.82, 2.24) is 4.98 Å². The Hall–Kier alpha value is -5.81. The van der Waals surface area contributed by atoms with E-state index in [0.717, 1.165) is 0 Å². The molecule has 0 unspecified atom stereocenters. The van der Waals surface area contributed by atoms with Gasteiger partial charge in [0.1, 0.15) is 5.75 Å². The summed E-state index contributed by atoms with van der Waals surface area (Å²) in [6.45, 7) is -0.539. The number of aromatic nitrogens is 1. The van der Waals surface area contributed by atoms with Crippen LogP contribution in [0.2, 0.25) is 5.02 Å². The highest BCUT2D eigenvalue weighted by molar-refractivity contribution is 6.32. The second kappa shape index (κ2) is 12.4. The monoisotopic (exact) mass is 597 g/mol. The molecule has 0 radical (unpaired) electrons. The molecule has 5 aromatic rings. The maximum atomic E-state index is 12.8. The lowest BCUT2D eigenvalue weighted by atomic mass is 10.1. The first-order valence-electron chi connectivity index (χ1n) is 12.6. The fourth-order valence-corrected chi connectivity index (χ4v) is 4.36. The van der Waals surface area contributed by atoms with Crippen LogP contribution >= 0.6 is 11.6 Å². The van der Waals surface area contributed by atoms with Crippen molar-refractivity contribution in [1.29, 1.82) is 0 Å². The number of nitro groups is 1. The molecule has 0 aliphatic rings. The molecule has 0 atom stereocenters. The van der Waals surface area contributed by atoms with Crippen LogP contribution in [0.5, 0.6) is 11.5 Å². The van der Waals surface area contributed by atoms with E-state index >= 15 is 0 Å². The standard InChI is InChI=1S/C31H20ClN3O8/c32-24-5-3-7-26(35(40)41)29(24)43-21-14-10-18(11-15-21)27(36)17-42-31(39)19-8-12-20(13-9-19)33-30(38)23-16-28(37)34-25-6-2-1-4-22(23)25/h1-16H,17H2,(H,33,38)(H,34,37). The van der Waals surface area contributed by atoms with Gasteiger partial charge in [-0.3, -0.25) is 24.5 Å². The van der Waals surface area contributed by atoms with Crippen LogP contribution in [-0.2, 0) is 4.74 Å². The summed E-state index contributed by atoms with van der Waals surface area (Å²) in [5.41, 5.74) is 0.759. The summed E-state index contributed by atoms with van der Waals surface area (Å²) >= 11 is 6.05. The average molecular weight is 598 g/mol. The molecule has 43 heavy (non-hydrogen) atoms. The van der Waals surface area contributed by atoms with Gasteiger partial charge in [0.2, 0.25) is 11.3 Å². The molecule has 0 saturated heterocycles. The van der Waals surface area contributed by atoms with E-state index in [4.69, 9.17) is 21.1 Å². The number of hydrogen-bond acceptors (Lipinski definition) is 8. The van der Waals surface area contributed by atoms with Gasteiger partial charge in [0.25, 0.3) is 5.91 Å². The Kier molecular flexibility index (Phi) is 8.26. The van der Waals surface area contributed by atoms with E-state index in [2.05, 4.69) is 10.3 Å². The number of benzene rings is 4. The lowest BCUT2D eigenvalue weighted by Gasteiger charge is -2.09. The highest BCUT2D eigenvalue weighted by Gasteiger charge is 2.20. The molecule has 2 N–H and O–H groups in total. The van der Waals surface area contributed by atoms with Crippen LogP contribution in [0.3, 0.4) is 0 Å². The number of aromatic amines is 1. The maximum Gasteiger partial charge on any atom is 0.338 e. The maximum absolute atomic E-state index is 12.8. The number of esters is 1. The van der Waals surface area contributed by atoms with E-state index in [1.807, 2.05) is 0 Å². The molecular formula is C31H20ClN3O8. The summed E-state index contributed by atoms with van der Waals surface area (Å²) in [6.07, 6.45) is 0. The fraction of sp³-hybridized carbons (Fsp3) is 0.0323. The number of nitro benzene ring substituents is 1. The minimum atomic E-state index is -0.752. The molecule has 1 heterocycles. The molecule has 11 nitrogen and oxygen atoms in total. The van der Waals surface area contributed by atoms with E-state index in [9.17, 15) is 29.3 Å². The summed E-state index contributed by atoms with van der Waals surface area (Å²) in [5.74, 6) is -1.65. The first-order chi connectivity index (χ1) is 20.7. The number of rotatable bonds is 9. The number of ether oxygens (including phenoxy) is 2. The van der Waals surface area contributed by atoms with Gasteiger partial charge in [-0.1, -0.05) is 35.9 Å². The number of hydrogen-bond donors (Lipinski definition) is 2. The minimum absolute atomic E-state index is 0.0538. The Labute approximate surface area is 247 Å². The second-order valence-corrected chi connectivity index (χ2v) is 9.50. The quantitative estimate of drug-likeness (QED) is 0.0883. The third-order valence-corrected chi connectivity index (χ3v) is 6.54. The predicted octanol–water partition coefficient (Wildman–Crippen LogP) is 6.17. The number of Topliss-reactive ketones (excluding diaryl/α,β-unsaturated/α-hetero) is 1. The van der Waals surface area contributed by atoms with Gasteiger partial charge in [-0.2, -0.15) is 0 Å². The number of carbonyl (C=O) groups excluding carboxylic acids is 3. The predicted molar refractivity (Wildman–Crippen MR) is 158 cm³/mol. The molecule has 5 rings (SSSR count). The number of para-hydroxylation sites is 2. The Morgan fingerprint density at radius 2 is 1.58 bits per heavy atom. The Morgan fingerprint density at radius 3 is 2.30 bits per heavy atom. The van der Waals surface area contributed by atoms with Crippen molar-refractivity contribution in [3.8, 4) is 11.5 Å². The number of anilines is 1. The van der Waals surface area contributed by atoms with Crippen molar-refractivity contribution in [3.63, 3.8) is 0 Å². The van der Waals surface area contributed by atoms with Crippen LogP contribution in [0.1, 0.15) is 31.1 Å². The molecular weight excluding hydrogens is 578 g/mol. The number of pyridine rings is 1. The first-order valence-corrected chi connectivity index (χ1v) is 13.0. The number of amides is 1. The number of nitrogens with one attached hydrogen (secondary N) is 2. The number of ketones is 1. The molecule has 1 amide bonds. The van der Waals surface area contributed by atoms with Crippen molar-refractivity contribution in [2.45, 2.75) is 0 Å². The summed E-state index contributed by atoms with van der Waals surface area (Å²) in [7, 11) is 0. The minimum Gasteiger partial charge on any atom is -0.454 e. The molecule has 4 aromatic carbocycles. The number of carbonyl (C=O) groups is 3. The zero-order valence-electron chi connectivity index (χ0n) is 22.0. The Bertz CT molecular complexity index is 1940. The normalized spacial score (nSPS) is 10.6. The zero-order valence-corrected chi connectivity index (χ0v) is 22.8. The molecule has 0 spiro atoms. The van der Waals surface area contributed by atoms with E-state index < -0.39 is 34.7 Å². The van der Waals surface area contributed by atoms with Gasteiger partial charge in [0.05, 0.1) is 21.1 Å². The number of halogens is 1. The summed E-state index contributed by atoms with van der Waals surface area (Å²) < 4.78 is 10.7. The van der Waals surface area contributed by atoms with Gasteiger partial charge in [-0.25, -0.2) is 4.79 Å². The zero-order chi connectivity index (χ0) is 30.5. The van der Waals surface area contributed by atoms with E-state index in [-0.39, 0.29) is 38.9 Å². The summed E-state index contributed by atoms with van der Waals surface area (Å²) in [5, 5.41) is 14.6. The number of nitrogens with zero attached hydrogens (tertiary/aromatic N) is 1. The molecule has 0 fully saturated rings. The molecule has 1 aromatic heterocycles. The highest BCUT2D eigenvalue weighted by Crippen LogP contribution is 2.37. The van der Waals surface area contributed by atoms with E-state index in [1.165, 1.54) is 72.8 Å². The smallest absolute Gasteiger partial charge is 0.338 e. The molecule has 0 bridgehead atoms. The largest absolute Gasteiger partial charge is 0.454 e. The van der Waals surface area contributed by atoms with Gasteiger partial charge in [0.15, 0.2) is 12.4 Å². The van der Waals surface area contributed by atoms with Crippen molar-refractivity contribution in [2.24, 2.45) is 0 Å². The lowest BCUT2D eigenvalue weighted by molar-refractivity contribution is -0.385. The van der Waals surface area contributed by atoms with E-state index in [1.54, 1.807) is 24.3 Å². The van der Waals surface area contributed by atoms with Crippen LogP contribution in [0.15, 0.2) is 102 Å². The fourth-order valence-electron chi connectivity index (χ4n) is 4.15. The van der Waals surface area contributed by atoms with Gasteiger partial charge in [-0.15, -0.1) is 0 Å². The van der Waals surface area contributed by atoms with Gasteiger partial charge < -0.3 is 19.8 Å². The van der Waals surface area contributed by atoms with Crippen molar-refractivity contribution in [2.75, 3.05) is 11.9 Å². The molecule has 0 saturated carbocycles. The summed E-state index contributed by atoms with van der Waals surface area (Å²) in [6, 6.07) is 23.8. The third-order valence-electron chi connectivity index (χ3n) is 6.25. The van der Waals surface area contributed by atoms with Crippen molar-refractivity contribution in [3.05, 3.63) is 139 Å². The number of H-pyrrole nitrogens is 1. The van der Waals surface area contributed by atoms with Crippen LogP contribution in [0.25, 0.3) is 10.9 Å². The Morgan fingerprint density at radius 1 is 0.884 bits per heavy atom. The average Bonchev–Trinajstić information content (AvgIpc) is 3.00. The Balaban J connectivity index is 1.17. The van der Waals surface area contributed by atoms with Gasteiger partial charge >= 0.3 is 11.7 Å². The molecule has 12 heteroatoms. The van der Waals surface area contributed by atoms with Crippen LogP contribution < -0.4 is 15.6 Å². The second-order valence-electron chi connectivity index (χ2n) is 9.10. The van der Waals surface area contributed by atoms with Gasteiger partial charge in [-0.05, 0) is 60.7 Å². The molecule has 0 aliphatic carbocycles.